The van der Waals surface area contributed by atoms with Gasteiger partial charge in [-0.3, -0.25) is 19.7 Å². The fourth-order valence-corrected chi connectivity index (χ4v) is 5.43. The molecule has 282 valence electrons. The third-order valence-corrected chi connectivity index (χ3v) is 8.61. The number of unbranched alkanes of at least 4 members (excludes halogenated alkanes) is 13. The zero-order valence-corrected chi connectivity index (χ0v) is 30.5. The molecule has 0 saturated heterocycles. The molecule has 0 spiro atoms. The molecule has 0 saturated carbocycles. The summed E-state index contributed by atoms with van der Waals surface area (Å²) in [5.74, 6) is -0.906. The smallest absolute Gasteiger partial charge is 0.237 e. The lowest BCUT2D eigenvalue weighted by molar-refractivity contribution is -0.124. The first-order valence-corrected chi connectivity index (χ1v) is 18.9. The summed E-state index contributed by atoms with van der Waals surface area (Å²) in [6.45, 7) is 3.20. The van der Waals surface area contributed by atoms with Crippen LogP contribution in [0, 0.1) is 0 Å². The lowest BCUT2D eigenvalue weighted by atomic mass is 10.0. The van der Waals surface area contributed by atoms with E-state index in [0.29, 0.717) is 38.8 Å². The quantitative estimate of drug-likeness (QED) is 0.0280. The Morgan fingerprint density at radius 2 is 1.38 bits per heavy atom. The Morgan fingerprint density at radius 3 is 1.96 bits per heavy atom. The van der Waals surface area contributed by atoms with Crippen molar-refractivity contribution in [3.8, 4) is 0 Å². The van der Waals surface area contributed by atoms with Crippen LogP contribution in [0.25, 0.3) is 0 Å². The number of nitrogens with two attached hydrogens (primary N) is 3. The molecule has 0 heterocycles. The van der Waals surface area contributed by atoms with Crippen molar-refractivity contribution in [2.45, 2.75) is 160 Å². The van der Waals surface area contributed by atoms with Crippen molar-refractivity contribution in [2.75, 3.05) is 40.1 Å². The molecular weight excluding hydrogens is 610 g/mol. The number of carbonyl (C=O) groups is 3. The lowest BCUT2D eigenvalue weighted by Crippen LogP contribution is -2.49. The topological polar surface area (TPSA) is 207 Å². The Balaban J connectivity index is 4.03. The van der Waals surface area contributed by atoms with Crippen LogP contribution in [-0.4, -0.2) is 87.1 Å². The Morgan fingerprint density at radius 1 is 0.771 bits per heavy atom. The predicted molar refractivity (Wildman–Crippen MR) is 196 cm³/mol. The van der Waals surface area contributed by atoms with E-state index in [1.165, 1.54) is 77.0 Å². The van der Waals surface area contributed by atoms with Gasteiger partial charge in [-0.15, -0.1) is 0 Å². The van der Waals surface area contributed by atoms with Gasteiger partial charge in [0.15, 0.2) is 0 Å². The normalized spacial score (nSPS) is 14.1. The fraction of sp³-hybridized carbons (Fsp3) is 0.861. The summed E-state index contributed by atoms with van der Waals surface area (Å²) in [5.41, 5.74) is 16.9. The molecule has 0 aliphatic rings. The van der Waals surface area contributed by atoms with Crippen LogP contribution >= 0.6 is 0 Å². The highest BCUT2D eigenvalue weighted by atomic mass is 16.5. The second kappa shape index (κ2) is 33.4. The van der Waals surface area contributed by atoms with Gasteiger partial charge in [0.2, 0.25) is 17.7 Å². The highest BCUT2D eigenvalue weighted by Crippen LogP contribution is 2.10. The number of rotatable bonds is 35. The van der Waals surface area contributed by atoms with Crippen molar-refractivity contribution in [1.29, 1.82) is 0 Å². The average Bonchev–Trinajstić information content (AvgIpc) is 3.07. The third-order valence-electron chi connectivity index (χ3n) is 8.61. The van der Waals surface area contributed by atoms with Crippen LogP contribution in [0.1, 0.15) is 135 Å². The van der Waals surface area contributed by atoms with Gasteiger partial charge in [0, 0.05) is 6.54 Å². The number of likely N-dealkylation sites (N-methyl/N-ethyl adjacent to an activating group) is 1. The molecular formula is C36H73N7O5. The van der Waals surface area contributed by atoms with E-state index in [2.05, 4.69) is 40.3 Å². The summed E-state index contributed by atoms with van der Waals surface area (Å²) in [6, 6.07) is -2.29. The van der Waals surface area contributed by atoms with Gasteiger partial charge in [0.05, 0.1) is 44.1 Å². The number of hydrogen-bond acceptors (Lipinski definition) is 9. The maximum atomic E-state index is 12.7. The van der Waals surface area contributed by atoms with E-state index in [0.717, 1.165) is 25.7 Å². The Bertz CT molecular complexity index is 818. The molecule has 48 heavy (non-hydrogen) atoms. The molecule has 0 fully saturated rings. The predicted octanol–water partition coefficient (Wildman–Crippen LogP) is 3.25. The van der Waals surface area contributed by atoms with Gasteiger partial charge in [0.25, 0.3) is 0 Å². The molecule has 11 N–H and O–H groups in total. The first kappa shape index (κ1) is 45.9. The number of primary amides is 1. The zero-order valence-electron chi connectivity index (χ0n) is 30.5. The van der Waals surface area contributed by atoms with Crippen molar-refractivity contribution in [1.82, 2.24) is 21.3 Å². The van der Waals surface area contributed by atoms with Crippen molar-refractivity contribution >= 4 is 17.7 Å². The van der Waals surface area contributed by atoms with Crippen LogP contribution < -0.4 is 38.5 Å². The minimum absolute atomic E-state index is 0.00876. The summed E-state index contributed by atoms with van der Waals surface area (Å²) in [4.78, 5) is 36.9. The van der Waals surface area contributed by atoms with Crippen LogP contribution in [-0.2, 0) is 19.1 Å². The number of aliphatic hydroxyl groups excluding tert-OH is 1. The molecule has 0 aromatic heterocycles. The van der Waals surface area contributed by atoms with Gasteiger partial charge in [-0.05, 0) is 77.8 Å². The van der Waals surface area contributed by atoms with E-state index in [1.807, 2.05) is 0 Å². The third kappa shape index (κ3) is 26.8. The van der Waals surface area contributed by atoms with E-state index in [9.17, 15) is 19.5 Å². The summed E-state index contributed by atoms with van der Waals surface area (Å²) in [6.07, 6.45) is 25.9. The largest absolute Gasteiger partial charge is 0.394 e. The molecule has 0 rings (SSSR count). The molecule has 12 heteroatoms. The number of aliphatic hydroxyl groups is 1. The molecule has 0 bridgehead atoms. The molecule has 0 aliphatic heterocycles. The van der Waals surface area contributed by atoms with E-state index in [4.69, 9.17) is 21.9 Å². The van der Waals surface area contributed by atoms with Gasteiger partial charge in [0.1, 0.15) is 0 Å². The molecule has 0 aliphatic carbocycles. The van der Waals surface area contributed by atoms with Gasteiger partial charge in [-0.25, -0.2) is 0 Å². The number of ether oxygens (including phenoxy) is 1. The monoisotopic (exact) mass is 684 g/mol. The van der Waals surface area contributed by atoms with Crippen molar-refractivity contribution in [3.63, 3.8) is 0 Å². The van der Waals surface area contributed by atoms with Crippen molar-refractivity contribution < 1.29 is 24.2 Å². The molecule has 0 aromatic rings. The minimum atomic E-state index is -0.677. The van der Waals surface area contributed by atoms with Crippen molar-refractivity contribution in [3.05, 3.63) is 12.2 Å². The zero-order chi connectivity index (χ0) is 35.7. The Kier molecular flexibility index (Phi) is 32.0. The van der Waals surface area contributed by atoms with Gasteiger partial charge in [-0.2, -0.15) is 0 Å². The summed E-state index contributed by atoms with van der Waals surface area (Å²) in [7, 11) is 1.76. The van der Waals surface area contributed by atoms with Crippen LogP contribution in [0.4, 0.5) is 0 Å². The maximum absolute atomic E-state index is 12.7. The standard InChI is InChI=1S/C36H73N7O5/c1-3-4-5-6-7-8-9-10-11-12-13-14-15-16-17-20-26-41-36(47)33(40-2)24-21-23-32(34(39)45)42-29-48-28-30(27-44)43-35(46)31(38)22-18-19-25-37/h10-11,30-33,40,42,44H,3-9,12-29,37-38H2,1-2H3,(H2,39,45)(H,41,47)(H,43,46)/b11-10-. The highest BCUT2D eigenvalue weighted by molar-refractivity contribution is 5.82. The second-order valence-electron chi connectivity index (χ2n) is 13.0. The maximum Gasteiger partial charge on any atom is 0.237 e. The Labute approximate surface area is 291 Å². The van der Waals surface area contributed by atoms with Crippen LogP contribution in [0.3, 0.4) is 0 Å². The number of nitrogens with one attached hydrogen (secondary N) is 4. The lowest BCUT2D eigenvalue weighted by Gasteiger charge is -2.21. The highest BCUT2D eigenvalue weighted by Gasteiger charge is 2.20. The molecule has 0 aromatic carbocycles. The molecule has 4 atom stereocenters. The van der Waals surface area contributed by atoms with Crippen LogP contribution in [0.2, 0.25) is 0 Å². The summed E-state index contributed by atoms with van der Waals surface area (Å²) >= 11 is 0. The van der Waals surface area contributed by atoms with Crippen LogP contribution in [0.15, 0.2) is 12.2 Å². The van der Waals surface area contributed by atoms with E-state index in [-0.39, 0.29) is 37.8 Å². The second-order valence-corrected chi connectivity index (χ2v) is 13.0. The fourth-order valence-electron chi connectivity index (χ4n) is 5.43. The van der Waals surface area contributed by atoms with Gasteiger partial charge >= 0.3 is 0 Å². The first-order chi connectivity index (χ1) is 23.3. The number of hydrogen-bond donors (Lipinski definition) is 8. The summed E-state index contributed by atoms with van der Waals surface area (Å²) in [5, 5.41) is 21.3. The first-order valence-electron chi connectivity index (χ1n) is 18.9. The SMILES string of the molecule is CCCCCCCC/C=C\CCCCCCCCNC(=O)C(CCCC(NCOCC(CO)NC(=O)C(N)CCCCN)C(N)=O)NC. The van der Waals surface area contributed by atoms with Gasteiger partial charge < -0.3 is 43.0 Å². The molecule has 0 radical (unpaired) electrons. The number of carbonyl (C=O) groups excluding carboxylic acids is 3. The van der Waals surface area contributed by atoms with Crippen LogP contribution in [0.5, 0.6) is 0 Å². The number of allylic oxidation sites excluding steroid dienone is 2. The van der Waals surface area contributed by atoms with Gasteiger partial charge in [-0.1, -0.05) is 83.3 Å². The molecule has 12 nitrogen and oxygen atoms in total. The minimum Gasteiger partial charge on any atom is -0.394 e. The average molecular weight is 684 g/mol. The molecule has 3 amide bonds. The Hall–Kier alpha value is -2.09. The van der Waals surface area contributed by atoms with Crippen molar-refractivity contribution in [2.24, 2.45) is 17.2 Å². The van der Waals surface area contributed by atoms with E-state index < -0.39 is 24.0 Å². The summed E-state index contributed by atoms with van der Waals surface area (Å²) < 4.78 is 5.53. The van der Waals surface area contributed by atoms with E-state index in [1.54, 1.807) is 7.05 Å². The van der Waals surface area contributed by atoms with E-state index >= 15 is 0 Å². The number of amides is 3. The molecule has 4 unspecified atom stereocenters.